The SMILES string of the molecule is COc1ccc(-c2csc(N3N=C(c4cccc([N+](=O)[O-])c4)C[C@H]3c3ccc(F)cc3)n2)cc1F. The smallest absolute Gasteiger partial charge is 0.270 e. The van der Waals surface area contributed by atoms with E-state index in [9.17, 15) is 18.9 Å². The summed E-state index contributed by atoms with van der Waals surface area (Å²) in [5.41, 5.74) is 3.23. The van der Waals surface area contributed by atoms with E-state index < -0.39 is 10.7 Å². The zero-order valence-corrected chi connectivity index (χ0v) is 19.2. The van der Waals surface area contributed by atoms with E-state index in [1.807, 2.05) is 0 Å². The Hall–Kier alpha value is -4.18. The molecule has 0 saturated carbocycles. The van der Waals surface area contributed by atoms with Crippen molar-refractivity contribution in [1.82, 2.24) is 4.98 Å². The number of hydrazone groups is 1. The molecule has 7 nitrogen and oxygen atoms in total. The van der Waals surface area contributed by atoms with Crippen LogP contribution in [0.25, 0.3) is 11.3 Å². The van der Waals surface area contributed by atoms with Gasteiger partial charge in [-0.15, -0.1) is 11.3 Å². The Bertz CT molecular complexity index is 1440. The Morgan fingerprint density at radius 3 is 2.60 bits per heavy atom. The summed E-state index contributed by atoms with van der Waals surface area (Å²) in [6.07, 6.45) is 0.443. The molecule has 0 unspecified atom stereocenters. The first-order valence-corrected chi connectivity index (χ1v) is 11.5. The summed E-state index contributed by atoms with van der Waals surface area (Å²) >= 11 is 1.34. The van der Waals surface area contributed by atoms with Crippen molar-refractivity contribution in [2.45, 2.75) is 12.5 Å². The maximum atomic E-state index is 14.2. The second-order valence-electron chi connectivity index (χ2n) is 7.83. The van der Waals surface area contributed by atoms with Crippen LogP contribution in [-0.4, -0.2) is 22.7 Å². The maximum Gasteiger partial charge on any atom is 0.270 e. The van der Waals surface area contributed by atoms with Crippen LogP contribution in [0.2, 0.25) is 0 Å². The molecule has 35 heavy (non-hydrogen) atoms. The summed E-state index contributed by atoms with van der Waals surface area (Å²) < 4.78 is 32.8. The van der Waals surface area contributed by atoms with E-state index in [2.05, 4.69) is 4.98 Å². The minimum atomic E-state index is -0.490. The third kappa shape index (κ3) is 4.47. The number of thiazole rings is 1. The van der Waals surface area contributed by atoms with Crippen LogP contribution in [0.15, 0.2) is 77.2 Å². The fourth-order valence-corrected chi connectivity index (χ4v) is 4.77. The Labute approximate surface area is 203 Å². The van der Waals surface area contributed by atoms with E-state index in [0.717, 1.165) is 5.56 Å². The molecule has 10 heteroatoms. The number of rotatable bonds is 6. The minimum absolute atomic E-state index is 0.0277. The lowest BCUT2D eigenvalue weighted by Crippen LogP contribution is -2.18. The number of ether oxygens (including phenoxy) is 1. The van der Waals surface area contributed by atoms with Gasteiger partial charge in [0.05, 0.1) is 29.5 Å². The van der Waals surface area contributed by atoms with E-state index in [-0.39, 0.29) is 23.3 Å². The standard InChI is InChI=1S/C25H18F2N4O3S/c1-34-24-10-7-17(12-20(24)27)22-14-35-25(28-22)30-23(15-5-8-18(26)9-6-15)13-21(29-30)16-3-2-4-19(11-16)31(32)33/h2-12,14,23H,13H2,1H3/t23-/m0/s1. The molecule has 1 aromatic heterocycles. The third-order valence-electron chi connectivity index (χ3n) is 5.69. The van der Waals surface area contributed by atoms with Gasteiger partial charge in [-0.05, 0) is 35.9 Å². The number of anilines is 1. The summed E-state index contributed by atoms with van der Waals surface area (Å²) in [5, 5.41) is 20.1. The van der Waals surface area contributed by atoms with Gasteiger partial charge in [-0.25, -0.2) is 18.8 Å². The van der Waals surface area contributed by atoms with Crippen molar-refractivity contribution in [3.05, 3.63) is 105 Å². The zero-order chi connectivity index (χ0) is 24.5. The van der Waals surface area contributed by atoms with Crippen molar-refractivity contribution in [2.75, 3.05) is 12.1 Å². The Balaban J connectivity index is 1.53. The van der Waals surface area contributed by atoms with Crippen LogP contribution in [0.5, 0.6) is 5.75 Å². The highest BCUT2D eigenvalue weighted by Crippen LogP contribution is 2.40. The molecular formula is C25H18F2N4O3S. The fourth-order valence-electron chi connectivity index (χ4n) is 3.93. The summed E-state index contributed by atoms with van der Waals surface area (Å²) in [4.78, 5) is 15.5. The predicted molar refractivity (Wildman–Crippen MR) is 130 cm³/mol. The van der Waals surface area contributed by atoms with Gasteiger partial charge >= 0.3 is 0 Å². The number of non-ortho nitro benzene ring substituents is 1. The minimum Gasteiger partial charge on any atom is -0.494 e. The van der Waals surface area contributed by atoms with Crippen molar-refractivity contribution in [3.8, 4) is 17.0 Å². The second-order valence-corrected chi connectivity index (χ2v) is 8.67. The first-order valence-electron chi connectivity index (χ1n) is 10.6. The number of nitro benzene ring substituents is 1. The third-order valence-corrected chi connectivity index (χ3v) is 6.52. The van der Waals surface area contributed by atoms with Crippen LogP contribution in [0.4, 0.5) is 19.6 Å². The van der Waals surface area contributed by atoms with Crippen LogP contribution < -0.4 is 9.75 Å². The number of nitro groups is 1. The number of halogens is 2. The highest BCUT2D eigenvalue weighted by atomic mass is 32.1. The van der Waals surface area contributed by atoms with Gasteiger partial charge in [-0.3, -0.25) is 10.1 Å². The topological polar surface area (TPSA) is 80.9 Å². The lowest BCUT2D eigenvalue weighted by atomic mass is 9.98. The predicted octanol–water partition coefficient (Wildman–Crippen LogP) is 6.36. The summed E-state index contributed by atoms with van der Waals surface area (Å²) in [6.45, 7) is 0. The van der Waals surface area contributed by atoms with Crippen molar-refractivity contribution < 1.29 is 18.4 Å². The molecule has 0 bridgehead atoms. The molecule has 3 aromatic carbocycles. The molecule has 0 amide bonds. The van der Waals surface area contributed by atoms with Gasteiger partial charge in [0.15, 0.2) is 11.6 Å². The highest BCUT2D eigenvalue weighted by molar-refractivity contribution is 7.14. The normalized spacial score (nSPS) is 15.2. The van der Waals surface area contributed by atoms with Crippen molar-refractivity contribution in [2.24, 2.45) is 5.10 Å². The molecular weight excluding hydrogens is 474 g/mol. The van der Waals surface area contributed by atoms with Crippen molar-refractivity contribution in [3.63, 3.8) is 0 Å². The van der Waals surface area contributed by atoms with Gasteiger partial charge in [0.1, 0.15) is 5.82 Å². The molecule has 1 atom stereocenters. The number of nitrogens with zero attached hydrogens (tertiary/aromatic N) is 4. The van der Waals surface area contributed by atoms with Crippen molar-refractivity contribution in [1.29, 1.82) is 0 Å². The summed E-state index contributed by atoms with van der Waals surface area (Å²) in [7, 11) is 1.40. The summed E-state index contributed by atoms with van der Waals surface area (Å²) in [5.74, 6) is -0.696. The molecule has 1 aliphatic heterocycles. The van der Waals surface area contributed by atoms with Crippen LogP contribution in [0.3, 0.4) is 0 Å². The Kier molecular flexibility index (Phi) is 5.96. The number of benzene rings is 3. The van der Waals surface area contributed by atoms with E-state index in [4.69, 9.17) is 9.84 Å². The quantitative estimate of drug-likeness (QED) is 0.231. The van der Waals surface area contributed by atoms with E-state index >= 15 is 0 Å². The van der Waals surface area contributed by atoms with Gasteiger partial charge in [-0.2, -0.15) is 5.10 Å². The molecule has 0 fully saturated rings. The van der Waals surface area contributed by atoms with E-state index in [1.54, 1.807) is 46.8 Å². The van der Waals surface area contributed by atoms with Crippen LogP contribution in [0, 0.1) is 21.7 Å². The number of methoxy groups -OCH3 is 1. The van der Waals surface area contributed by atoms with E-state index in [0.29, 0.717) is 34.1 Å². The van der Waals surface area contributed by atoms with Crippen LogP contribution >= 0.6 is 11.3 Å². The molecule has 0 saturated heterocycles. The van der Waals surface area contributed by atoms with E-state index in [1.165, 1.54) is 48.8 Å². The maximum absolute atomic E-state index is 14.2. The average Bonchev–Trinajstić information content (AvgIpc) is 3.52. The van der Waals surface area contributed by atoms with Crippen LogP contribution in [-0.2, 0) is 0 Å². The molecule has 0 aliphatic carbocycles. The Morgan fingerprint density at radius 2 is 1.89 bits per heavy atom. The number of hydrogen-bond acceptors (Lipinski definition) is 7. The first kappa shape index (κ1) is 22.6. The number of aromatic nitrogens is 1. The lowest BCUT2D eigenvalue weighted by molar-refractivity contribution is -0.384. The zero-order valence-electron chi connectivity index (χ0n) is 18.4. The molecule has 1 aliphatic rings. The first-order chi connectivity index (χ1) is 16.9. The molecule has 0 N–H and O–H groups in total. The molecule has 2 heterocycles. The Morgan fingerprint density at radius 1 is 1.09 bits per heavy atom. The molecule has 4 aromatic rings. The molecule has 176 valence electrons. The molecule has 0 radical (unpaired) electrons. The fraction of sp³-hybridized carbons (Fsp3) is 0.120. The molecule has 5 rings (SSSR count). The van der Waals surface area contributed by atoms with Gasteiger partial charge in [0, 0.05) is 35.1 Å². The van der Waals surface area contributed by atoms with Gasteiger partial charge in [-0.1, -0.05) is 24.3 Å². The monoisotopic (exact) mass is 492 g/mol. The lowest BCUT2D eigenvalue weighted by Gasteiger charge is -2.21. The molecule has 0 spiro atoms. The number of hydrogen-bond donors (Lipinski definition) is 0. The second kappa shape index (κ2) is 9.22. The average molecular weight is 493 g/mol. The van der Waals surface area contributed by atoms with Gasteiger partial charge in [0.25, 0.3) is 5.69 Å². The van der Waals surface area contributed by atoms with Gasteiger partial charge in [0.2, 0.25) is 5.13 Å². The van der Waals surface area contributed by atoms with Crippen LogP contribution in [0.1, 0.15) is 23.6 Å². The van der Waals surface area contributed by atoms with Crippen molar-refractivity contribution >= 4 is 27.9 Å². The largest absolute Gasteiger partial charge is 0.494 e. The summed E-state index contributed by atoms with van der Waals surface area (Å²) in [6, 6.07) is 16.8. The highest BCUT2D eigenvalue weighted by Gasteiger charge is 2.32. The van der Waals surface area contributed by atoms with Gasteiger partial charge < -0.3 is 4.74 Å².